The van der Waals surface area contributed by atoms with Gasteiger partial charge in [0.15, 0.2) is 0 Å². The number of hydrogen-bond acceptors (Lipinski definition) is 6. The number of rotatable bonds is 3. The van der Waals surface area contributed by atoms with Crippen molar-refractivity contribution in [2.45, 2.75) is 6.92 Å². The van der Waals surface area contributed by atoms with Crippen LogP contribution in [0.5, 0.6) is 0 Å². The van der Waals surface area contributed by atoms with E-state index in [1.54, 1.807) is 32.3 Å². The Morgan fingerprint density at radius 3 is 2.94 bits per heavy atom. The Hall–Kier alpha value is -2.02. The Morgan fingerprint density at radius 2 is 2.29 bits per heavy atom. The molecule has 0 spiro atoms. The third kappa shape index (κ3) is 2.76. The fraction of sp³-hybridized carbons (Fsp3) is 0.200. The van der Waals surface area contributed by atoms with Gasteiger partial charge in [-0.25, -0.2) is 9.97 Å². The molecule has 0 aliphatic heterocycles. The number of nitrogens with zero attached hydrogens (tertiary/aromatic N) is 3. The maximum absolute atomic E-state index is 11.9. The van der Waals surface area contributed by atoms with Gasteiger partial charge >= 0.3 is 0 Å². The van der Waals surface area contributed by atoms with Crippen molar-refractivity contribution >= 4 is 28.4 Å². The molecule has 1 amide bonds. The van der Waals surface area contributed by atoms with E-state index in [9.17, 15) is 4.79 Å². The highest BCUT2D eigenvalue weighted by molar-refractivity contribution is 7.09. The second-order valence-corrected chi connectivity index (χ2v) is 4.03. The lowest BCUT2D eigenvalue weighted by molar-refractivity contribution is 0.102. The number of anilines is 2. The smallest absolute Gasteiger partial charge is 0.257 e. The molecule has 6 nitrogen and oxygen atoms in total. The van der Waals surface area contributed by atoms with Crippen LogP contribution in [0.2, 0.25) is 0 Å². The molecule has 0 saturated heterocycles. The summed E-state index contributed by atoms with van der Waals surface area (Å²) in [5.74, 6) is 1.07. The van der Waals surface area contributed by atoms with Crippen LogP contribution < -0.4 is 10.6 Å². The zero-order valence-corrected chi connectivity index (χ0v) is 10.2. The Morgan fingerprint density at radius 1 is 1.47 bits per heavy atom. The van der Waals surface area contributed by atoms with Crippen LogP contribution in [0, 0.1) is 6.92 Å². The predicted octanol–water partition coefficient (Wildman–Crippen LogP) is 1.54. The van der Waals surface area contributed by atoms with Crippen molar-refractivity contribution in [1.29, 1.82) is 0 Å². The molecule has 0 saturated carbocycles. The number of pyridine rings is 1. The first-order chi connectivity index (χ1) is 8.19. The zero-order valence-electron chi connectivity index (χ0n) is 9.39. The first-order valence-electron chi connectivity index (χ1n) is 4.94. The maximum Gasteiger partial charge on any atom is 0.257 e. The lowest BCUT2D eigenvalue weighted by atomic mass is 10.2. The van der Waals surface area contributed by atoms with Crippen LogP contribution in [0.25, 0.3) is 0 Å². The second kappa shape index (κ2) is 4.88. The van der Waals surface area contributed by atoms with Gasteiger partial charge in [0.25, 0.3) is 5.91 Å². The van der Waals surface area contributed by atoms with E-state index in [1.807, 2.05) is 0 Å². The molecule has 0 bridgehead atoms. The van der Waals surface area contributed by atoms with Crippen molar-refractivity contribution in [3.63, 3.8) is 0 Å². The summed E-state index contributed by atoms with van der Waals surface area (Å²) in [4.78, 5) is 20.0. The van der Waals surface area contributed by atoms with E-state index < -0.39 is 0 Å². The van der Waals surface area contributed by atoms with Gasteiger partial charge in [0, 0.05) is 30.3 Å². The van der Waals surface area contributed by atoms with E-state index >= 15 is 0 Å². The molecular weight excluding hydrogens is 238 g/mol. The summed E-state index contributed by atoms with van der Waals surface area (Å²) in [5, 5.41) is 6.05. The maximum atomic E-state index is 11.9. The number of carbonyl (C=O) groups excluding carboxylic acids is 1. The highest BCUT2D eigenvalue weighted by atomic mass is 32.1. The quantitative estimate of drug-likeness (QED) is 0.862. The monoisotopic (exact) mass is 249 g/mol. The average molecular weight is 249 g/mol. The zero-order chi connectivity index (χ0) is 12.3. The van der Waals surface area contributed by atoms with E-state index in [4.69, 9.17) is 0 Å². The number of nitrogens with one attached hydrogen (secondary N) is 2. The van der Waals surface area contributed by atoms with Crippen LogP contribution in [0.15, 0.2) is 18.3 Å². The lowest BCUT2D eigenvalue weighted by Gasteiger charge is -2.03. The number of hydrogen-bond donors (Lipinski definition) is 2. The van der Waals surface area contributed by atoms with Gasteiger partial charge in [-0.3, -0.25) is 10.1 Å². The van der Waals surface area contributed by atoms with Crippen molar-refractivity contribution in [2.24, 2.45) is 0 Å². The molecule has 0 unspecified atom stereocenters. The van der Waals surface area contributed by atoms with Crippen LogP contribution >= 0.6 is 11.5 Å². The summed E-state index contributed by atoms with van der Waals surface area (Å²) < 4.78 is 3.99. The molecule has 7 heteroatoms. The summed E-state index contributed by atoms with van der Waals surface area (Å²) >= 11 is 1.16. The number of amides is 1. The van der Waals surface area contributed by atoms with Gasteiger partial charge in [0.1, 0.15) is 11.6 Å². The first-order valence-corrected chi connectivity index (χ1v) is 5.72. The SMILES string of the molecule is CNc1cc(C(=O)Nc2nc(C)ns2)ccn1. The van der Waals surface area contributed by atoms with Crippen molar-refractivity contribution in [3.8, 4) is 0 Å². The van der Waals surface area contributed by atoms with Crippen molar-refractivity contribution in [1.82, 2.24) is 14.3 Å². The highest BCUT2D eigenvalue weighted by Crippen LogP contribution is 2.13. The molecule has 2 aromatic rings. The summed E-state index contributed by atoms with van der Waals surface area (Å²) in [6, 6.07) is 3.31. The Balaban J connectivity index is 2.14. The van der Waals surface area contributed by atoms with Gasteiger partial charge in [0.05, 0.1) is 0 Å². The molecule has 2 heterocycles. The molecule has 0 fully saturated rings. The molecular formula is C10H11N5OS. The topological polar surface area (TPSA) is 79.8 Å². The molecule has 2 N–H and O–H groups in total. The van der Waals surface area contributed by atoms with Gasteiger partial charge in [0.2, 0.25) is 5.13 Å². The fourth-order valence-electron chi connectivity index (χ4n) is 1.23. The third-order valence-electron chi connectivity index (χ3n) is 2.03. The summed E-state index contributed by atoms with van der Waals surface area (Å²) in [5.41, 5.74) is 0.525. The Kier molecular flexibility index (Phi) is 3.29. The summed E-state index contributed by atoms with van der Waals surface area (Å²) in [6.07, 6.45) is 1.58. The van der Waals surface area contributed by atoms with Crippen molar-refractivity contribution < 1.29 is 4.79 Å². The minimum atomic E-state index is -0.222. The molecule has 2 aromatic heterocycles. The first kappa shape index (κ1) is 11.5. The largest absolute Gasteiger partial charge is 0.373 e. The van der Waals surface area contributed by atoms with E-state index in [2.05, 4.69) is 25.0 Å². The molecule has 88 valence electrons. The van der Waals surface area contributed by atoms with Crippen LogP contribution in [-0.2, 0) is 0 Å². The van der Waals surface area contributed by atoms with Crippen LogP contribution in [0.1, 0.15) is 16.2 Å². The van der Waals surface area contributed by atoms with Crippen molar-refractivity contribution in [3.05, 3.63) is 29.7 Å². The van der Waals surface area contributed by atoms with Crippen LogP contribution in [0.4, 0.5) is 10.9 Å². The van der Waals surface area contributed by atoms with E-state index in [0.717, 1.165) is 11.5 Å². The lowest BCUT2D eigenvalue weighted by Crippen LogP contribution is -2.12. The minimum absolute atomic E-state index is 0.222. The number of carbonyl (C=O) groups is 1. The third-order valence-corrected chi connectivity index (χ3v) is 2.75. The van der Waals surface area contributed by atoms with Gasteiger partial charge < -0.3 is 5.32 Å². The molecule has 2 rings (SSSR count). The fourth-order valence-corrected chi connectivity index (χ4v) is 1.80. The van der Waals surface area contributed by atoms with E-state index in [1.165, 1.54) is 0 Å². The molecule has 0 radical (unpaired) electrons. The molecule has 0 aromatic carbocycles. The van der Waals surface area contributed by atoms with Crippen LogP contribution in [0.3, 0.4) is 0 Å². The van der Waals surface area contributed by atoms with E-state index in [0.29, 0.717) is 22.3 Å². The van der Waals surface area contributed by atoms with Gasteiger partial charge in [-0.05, 0) is 19.1 Å². The van der Waals surface area contributed by atoms with Gasteiger partial charge in [-0.1, -0.05) is 0 Å². The molecule has 17 heavy (non-hydrogen) atoms. The Bertz CT molecular complexity index is 539. The summed E-state index contributed by atoms with van der Waals surface area (Å²) in [6.45, 7) is 1.78. The number of aromatic nitrogens is 3. The number of aryl methyl sites for hydroxylation is 1. The second-order valence-electron chi connectivity index (χ2n) is 3.28. The van der Waals surface area contributed by atoms with E-state index in [-0.39, 0.29) is 5.91 Å². The van der Waals surface area contributed by atoms with Gasteiger partial charge in [-0.15, -0.1) is 0 Å². The van der Waals surface area contributed by atoms with Crippen LogP contribution in [-0.4, -0.2) is 27.3 Å². The predicted molar refractivity (Wildman–Crippen MR) is 66.4 cm³/mol. The average Bonchev–Trinajstić information content (AvgIpc) is 2.75. The van der Waals surface area contributed by atoms with Crippen molar-refractivity contribution in [2.75, 3.05) is 17.7 Å². The Labute approximate surface area is 102 Å². The molecule has 0 aliphatic carbocycles. The standard InChI is InChI=1S/C10H11N5OS/c1-6-13-10(17-15-6)14-9(16)7-3-4-12-8(5-7)11-2/h3-5H,1-2H3,(H,11,12)(H,13,14,15,16). The minimum Gasteiger partial charge on any atom is -0.373 e. The highest BCUT2D eigenvalue weighted by Gasteiger charge is 2.09. The normalized spacial score (nSPS) is 10.0. The van der Waals surface area contributed by atoms with Gasteiger partial charge in [-0.2, -0.15) is 4.37 Å². The molecule has 0 atom stereocenters. The summed E-state index contributed by atoms with van der Waals surface area (Å²) in [7, 11) is 1.75. The molecule has 0 aliphatic rings.